The van der Waals surface area contributed by atoms with E-state index in [0.717, 1.165) is 29.7 Å². The van der Waals surface area contributed by atoms with Crippen molar-refractivity contribution in [3.05, 3.63) is 65.7 Å². The van der Waals surface area contributed by atoms with Crippen molar-refractivity contribution in [2.45, 2.75) is 18.6 Å². The summed E-state index contributed by atoms with van der Waals surface area (Å²) in [5.41, 5.74) is 3.58. The van der Waals surface area contributed by atoms with E-state index in [1.807, 2.05) is 30.3 Å². The molecule has 0 spiro atoms. The number of tetrazole rings is 1. The summed E-state index contributed by atoms with van der Waals surface area (Å²) in [4.78, 5) is 0. The van der Waals surface area contributed by atoms with Crippen molar-refractivity contribution in [3.63, 3.8) is 0 Å². The van der Waals surface area contributed by atoms with Crippen molar-refractivity contribution in [3.8, 4) is 5.69 Å². The lowest BCUT2D eigenvalue weighted by Gasteiger charge is -2.06. The maximum absolute atomic E-state index is 4.10. The largest absolute Gasteiger partial charge is 0.312 e. The van der Waals surface area contributed by atoms with E-state index in [2.05, 4.69) is 52.0 Å². The molecule has 3 rings (SSSR count). The van der Waals surface area contributed by atoms with Gasteiger partial charge in [0.25, 0.3) is 0 Å². The average molecular weight is 325 g/mol. The van der Waals surface area contributed by atoms with Crippen LogP contribution in [0.5, 0.6) is 0 Å². The molecule has 1 N–H and O–H groups in total. The molecule has 0 saturated carbocycles. The predicted molar refractivity (Wildman–Crippen MR) is 92.8 cm³/mol. The van der Waals surface area contributed by atoms with Crippen LogP contribution in [0.25, 0.3) is 5.69 Å². The third-order valence-corrected chi connectivity index (χ3v) is 4.28. The first kappa shape index (κ1) is 15.7. The molecule has 0 aliphatic rings. The van der Waals surface area contributed by atoms with Gasteiger partial charge in [0.05, 0.1) is 5.69 Å². The van der Waals surface area contributed by atoms with Gasteiger partial charge in [0.2, 0.25) is 5.16 Å². The number of para-hydroxylation sites is 1. The van der Waals surface area contributed by atoms with E-state index < -0.39 is 0 Å². The second-order valence-corrected chi connectivity index (χ2v) is 6.29. The molecule has 6 heteroatoms. The first-order chi connectivity index (χ1) is 11.3. The molecule has 5 nitrogen and oxygen atoms in total. The zero-order valence-corrected chi connectivity index (χ0v) is 13.8. The Kier molecular flexibility index (Phi) is 5.39. The third kappa shape index (κ3) is 4.40. The number of thioether (sulfide) groups is 1. The maximum Gasteiger partial charge on any atom is 0.214 e. The number of hydrogen-bond acceptors (Lipinski definition) is 5. The van der Waals surface area contributed by atoms with E-state index in [9.17, 15) is 0 Å². The third-order valence-electron chi connectivity index (χ3n) is 3.36. The molecule has 0 bridgehead atoms. The molecular formula is C17H19N5S. The lowest BCUT2D eigenvalue weighted by Crippen LogP contribution is -2.16. The Morgan fingerprint density at radius 1 is 1.09 bits per heavy atom. The molecule has 0 radical (unpaired) electrons. The van der Waals surface area contributed by atoms with Crippen molar-refractivity contribution in [1.82, 2.24) is 25.5 Å². The van der Waals surface area contributed by atoms with Crippen LogP contribution in [-0.4, -0.2) is 32.5 Å². The van der Waals surface area contributed by atoms with Crippen LogP contribution >= 0.6 is 11.8 Å². The van der Waals surface area contributed by atoms with Gasteiger partial charge in [-0.15, -0.1) is 5.10 Å². The normalized spacial score (nSPS) is 10.8. The van der Waals surface area contributed by atoms with Gasteiger partial charge >= 0.3 is 0 Å². The second-order valence-electron chi connectivity index (χ2n) is 5.22. The molecule has 0 aliphatic carbocycles. The van der Waals surface area contributed by atoms with Crippen LogP contribution in [-0.2, 0) is 6.54 Å². The molecule has 1 heterocycles. The summed E-state index contributed by atoms with van der Waals surface area (Å²) in [6, 6.07) is 18.5. The fourth-order valence-corrected chi connectivity index (χ4v) is 3.06. The Morgan fingerprint density at radius 3 is 2.78 bits per heavy atom. The number of nitrogens with one attached hydrogen (secondary N) is 1. The molecule has 3 aromatic rings. The fourth-order valence-electron chi connectivity index (χ4n) is 2.27. The van der Waals surface area contributed by atoms with Crippen molar-refractivity contribution < 1.29 is 0 Å². The Bertz CT molecular complexity index is 742. The fraction of sp³-hybridized carbons (Fsp3) is 0.235. The molecule has 0 saturated heterocycles. The first-order valence-electron chi connectivity index (χ1n) is 7.56. The number of aryl methyl sites for hydroxylation is 1. The van der Waals surface area contributed by atoms with Crippen LogP contribution in [0.1, 0.15) is 11.1 Å². The molecule has 118 valence electrons. The van der Waals surface area contributed by atoms with Crippen LogP contribution in [0.15, 0.2) is 59.8 Å². The quantitative estimate of drug-likeness (QED) is 0.535. The van der Waals surface area contributed by atoms with Crippen LogP contribution in [0, 0.1) is 6.92 Å². The van der Waals surface area contributed by atoms with Crippen LogP contribution in [0.3, 0.4) is 0 Å². The van der Waals surface area contributed by atoms with Gasteiger partial charge in [-0.1, -0.05) is 59.8 Å². The van der Waals surface area contributed by atoms with E-state index in [-0.39, 0.29) is 0 Å². The minimum atomic E-state index is 0.813. The van der Waals surface area contributed by atoms with Crippen molar-refractivity contribution in [2.75, 3.05) is 12.3 Å². The summed E-state index contributed by atoms with van der Waals surface area (Å²) in [6.45, 7) is 3.90. The molecular weight excluding hydrogens is 306 g/mol. The number of nitrogens with zero attached hydrogens (tertiary/aromatic N) is 4. The van der Waals surface area contributed by atoms with E-state index in [4.69, 9.17) is 0 Å². The minimum Gasteiger partial charge on any atom is -0.312 e. The van der Waals surface area contributed by atoms with Gasteiger partial charge in [-0.2, -0.15) is 4.68 Å². The average Bonchev–Trinajstić information content (AvgIpc) is 3.04. The highest BCUT2D eigenvalue weighted by atomic mass is 32.2. The van der Waals surface area contributed by atoms with Crippen LogP contribution in [0.2, 0.25) is 0 Å². The number of hydrogen-bond donors (Lipinski definition) is 1. The summed E-state index contributed by atoms with van der Waals surface area (Å²) < 4.78 is 1.77. The predicted octanol–water partition coefficient (Wildman–Crippen LogP) is 2.85. The molecule has 23 heavy (non-hydrogen) atoms. The second kappa shape index (κ2) is 7.89. The van der Waals surface area contributed by atoms with Crippen molar-refractivity contribution >= 4 is 11.8 Å². The zero-order chi connectivity index (χ0) is 15.9. The van der Waals surface area contributed by atoms with Gasteiger partial charge in [0.1, 0.15) is 0 Å². The van der Waals surface area contributed by atoms with Crippen LogP contribution in [0.4, 0.5) is 0 Å². The van der Waals surface area contributed by atoms with E-state index in [1.165, 1.54) is 11.1 Å². The number of benzene rings is 2. The van der Waals surface area contributed by atoms with Crippen molar-refractivity contribution in [1.29, 1.82) is 0 Å². The maximum atomic E-state index is 4.10. The Balaban J connectivity index is 1.47. The van der Waals surface area contributed by atoms with Crippen LogP contribution < -0.4 is 5.32 Å². The first-order valence-corrected chi connectivity index (χ1v) is 8.54. The summed E-state index contributed by atoms with van der Waals surface area (Å²) in [7, 11) is 0. The molecule has 0 unspecified atom stereocenters. The molecule has 0 amide bonds. The number of rotatable bonds is 7. The topological polar surface area (TPSA) is 55.6 Å². The summed E-state index contributed by atoms with van der Waals surface area (Å²) in [5, 5.41) is 16.2. The summed E-state index contributed by atoms with van der Waals surface area (Å²) in [5.74, 6) is 0.916. The van der Waals surface area contributed by atoms with Gasteiger partial charge in [-0.05, 0) is 35.0 Å². The molecule has 0 atom stereocenters. The number of aromatic nitrogens is 4. The standard InChI is InChI=1S/C17H19N5S/c1-14-6-5-7-15(12-14)13-18-10-11-23-17-19-20-21-22(17)16-8-3-2-4-9-16/h2-9,12,18H,10-11,13H2,1H3. The van der Waals surface area contributed by atoms with Gasteiger partial charge in [-0.3, -0.25) is 0 Å². The lowest BCUT2D eigenvalue weighted by molar-refractivity contribution is 0.727. The Hall–Kier alpha value is -2.18. The van der Waals surface area contributed by atoms with E-state index in [1.54, 1.807) is 16.4 Å². The molecule has 0 fully saturated rings. The Morgan fingerprint density at radius 2 is 1.96 bits per heavy atom. The SMILES string of the molecule is Cc1cccc(CNCCSc2nnnn2-c2ccccc2)c1. The minimum absolute atomic E-state index is 0.813. The van der Waals surface area contributed by atoms with E-state index >= 15 is 0 Å². The summed E-state index contributed by atoms with van der Waals surface area (Å²) in [6.07, 6.45) is 0. The highest BCUT2D eigenvalue weighted by molar-refractivity contribution is 7.99. The molecule has 2 aromatic carbocycles. The smallest absolute Gasteiger partial charge is 0.214 e. The summed E-state index contributed by atoms with van der Waals surface area (Å²) >= 11 is 1.65. The van der Waals surface area contributed by atoms with Gasteiger partial charge in [0, 0.05) is 18.8 Å². The Labute approximate surface area is 140 Å². The van der Waals surface area contributed by atoms with Gasteiger partial charge < -0.3 is 5.32 Å². The molecule has 0 aliphatic heterocycles. The monoisotopic (exact) mass is 325 g/mol. The highest BCUT2D eigenvalue weighted by Crippen LogP contribution is 2.17. The lowest BCUT2D eigenvalue weighted by atomic mass is 10.1. The zero-order valence-electron chi connectivity index (χ0n) is 13.0. The highest BCUT2D eigenvalue weighted by Gasteiger charge is 2.07. The van der Waals surface area contributed by atoms with E-state index in [0.29, 0.717) is 0 Å². The molecule has 1 aromatic heterocycles. The van der Waals surface area contributed by atoms with Crippen molar-refractivity contribution in [2.24, 2.45) is 0 Å². The van der Waals surface area contributed by atoms with Gasteiger partial charge in [0.15, 0.2) is 0 Å². The van der Waals surface area contributed by atoms with Gasteiger partial charge in [-0.25, -0.2) is 0 Å².